The van der Waals surface area contributed by atoms with Gasteiger partial charge >= 0.3 is 6.01 Å². The monoisotopic (exact) mass is 427 g/mol. The second-order valence-electron chi connectivity index (χ2n) is 7.44. The Bertz CT molecular complexity index is 978. The summed E-state index contributed by atoms with van der Waals surface area (Å²) in [7, 11) is 0. The second kappa shape index (κ2) is 9.73. The first-order valence-electron chi connectivity index (χ1n) is 9.79. The summed E-state index contributed by atoms with van der Waals surface area (Å²) in [6.45, 7) is 4.15. The van der Waals surface area contributed by atoms with Crippen molar-refractivity contribution >= 4 is 24.3 Å². The molecular weight excluding hydrogens is 402 g/mol. The number of nitrogens with two attached hydrogens (primary N) is 1. The molecule has 1 atom stereocenters. The summed E-state index contributed by atoms with van der Waals surface area (Å²) in [6, 6.07) is 18.2. The van der Waals surface area contributed by atoms with Gasteiger partial charge in [-0.25, -0.2) is 0 Å². The standard InChI is InChI=1S/C22H25N5O2.ClH/c1-16-6-5-9-18(12-16)14-26-10-11-27(15-20(26)28)22-25-24-21(29-22)19(23)13-17-7-3-2-4-8-17;/h2-9,12,19H,10-11,13-15,23H2,1H3;1H/t19-;/m1./s1. The molecule has 0 bridgehead atoms. The Morgan fingerprint density at radius 3 is 2.57 bits per heavy atom. The Labute approximate surface area is 182 Å². The molecule has 2 N–H and O–H groups in total. The van der Waals surface area contributed by atoms with Crippen LogP contribution in [-0.4, -0.2) is 40.6 Å². The Morgan fingerprint density at radius 1 is 1.07 bits per heavy atom. The molecule has 8 heteroatoms. The van der Waals surface area contributed by atoms with Crippen molar-refractivity contribution in [3.8, 4) is 0 Å². The Hall–Kier alpha value is -2.90. The van der Waals surface area contributed by atoms with Gasteiger partial charge in [0.15, 0.2) is 0 Å². The van der Waals surface area contributed by atoms with Crippen LogP contribution in [0.25, 0.3) is 0 Å². The molecule has 0 aliphatic carbocycles. The van der Waals surface area contributed by atoms with E-state index in [0.717, 1.165) is 11.1 Å². The van der Waals surface area contributed by atoms with Gasteiger partial charge in [0.1, 0.15) is 6.54 Å². The molecule has 1 aliphatic rings. The minimum absolute atomic E-state index is 0. The summed E-state index contributed by atoms with van der Waals surface area (Å²) in [4.78, 5) is 16.3. The third-order valence-electron chi connectivity index (χ3n) is 5.09. The average Bonchev–Trinajstić information content (AvgIpc) is 3.21. The minimum atomic E-state index is -0.378. The van der Waals surface area contributed by atoms with Crippen LogP contribution in [-0.2, 0) is 17.8 Å². The normalized spacial score (nSPS) is 15.1. The van der Waals surface area contributed by atoms with Crippen molar-refractivity contribution in [1.82, 2.24) is 15.1 Å². The molecule has 1 aliphatic heterocycles. The number of halogens is 1. The van der Waals surface area contributed by atoms with Gasteiger partial charge in [0.05, 0.1) is 6.04 Å². The van der Waals surface area contributed by atoms with Crippen molar-refractivity contribution < 1.29 is 9.21 Å². The number of piperazine rings is 1. The van der Waals surface area contributed by atoms with E-state index in [4.69, 9.17) is 10.2 Å². The third kappa shape index (κ3) is 5.17. The number of carbonyl (C=O) groups is 1. The Morgan fingerprint density at radius 2 is 1.83 bits per heavy atom. The van der Waals surface area contributed by atoms with E-state index >= 15 is 0 Å². The number of hydrogen-bond donors (Lipinski definition) is 1. The van der Waals surface area contributed by atoms with Crippen molar-refractivity contribution in [2.24, 2.45) is 5.73 Å². The maximum Gasteiger partial charge on any atom is 0.318 e. The zero-order valence-electron chi connectivity index (χ0n) is 16.9. The molecule has 7 nitrogen and oxygen atoms in total. The number of hydrogen-bond acceptors (Lipinski definition) is 6. The highest BCUT2D eigenvalue weighted by atomic mass is 35.5. The van der Waals surface area contributed by atoms with Crippen LogP contribution in [0.2, 0.25) is 0 Å². The van der Waals surface area contributed by atoms with Gasteiger partial charge in [-0.1, -0.05) is 65.3 Å². The smallest absolute Gasteiger partial charge is 0.318 e. The fraction of sp³-hybridized carbons (Fsp3) is 0.318. The lowest BCUT2D eigenvalue weighted by Gasteiger charge is -2.33. The highest BCUT2D eigenvalue weighted by molar-refractivity contribution is 5.85. The van der Waals surface area contributed by atoms with Gasteiger partial charge in [-0.3, -0.25) is 4.79 Å². The van der Waals surface area contributed by atoms with E-state index in [1.54, 1.807) is 0 Å². The molecule has 4 rings (SSSR count). The van der Waals surface area contributed by atoms with E-state index in [9.17, 15) is 4.79 Å². The van der Waals surface area contributed by atoms with E-state index < -0.39 is 0 Å². The number of nitrogens with zero attached hydrogens (tertiary/aromatic N) is 4. The van der Waals surface area contributed by atoms with Crippen LogP contribution >= 0.6 is 12.4 Å². The van der Waals surface area contributed by atoms with Gasteiger partial charge in [-0.15, -0.1) is 17.5 Å². The SMILES string of the molecule is Cc1cccc(CN2CCN(c3nnc([C@H](N)Cc4ccccc4)o3)CC2=O)c1.Cl. The first-order chi connectivity index (χ1) is 14.1. The summed E-state index contributed by atoms with van der Waals surface area (Å²) >= 11 is 0. The van der Waals surface area contributed by atoms with Crippen molar-refractivity contribution in [3.63, 3.8) is 0 Å². The van der Waals surface area contributed by atoms with Crippen molar-refractivity contribution in [2.45, 2.75) is 25.9 Å². The molecule has 1 fully saturated rings. The molecule has 30 heavy (non-hydrogen) atoms. The lowest BCUT2D eigenvalue weighted by Crippen LogP contribution is -2.50. The van der Waals surface area contributed by atoms with Crippen LogP contribution < -0.4 is 10.6 Å². The summed E-state index contributed by atoms with van der Waals surface area (Å²) in [5.74, 6) is 0.435. The van der Waals surface area contributed by atoms with Gasteiger partial charge in [0.2, 0.25) is 11.8 Å². The third-order valence-corrected chi connectivity index (χ3v) is 5.09. The van der Waals surface area contributed by atoms with Crippen molar-refractivity contribution in [3.05, 3.63) is 77.2 Å². The molecule has 0 radical (unpaired) electrons. The predicted molar refractivity (Wildman–Crippen MR) is 117 cm³/mol. The van der Waals surface area contributed by atoms with Crippen LogP contribution in [0, 0.1) is 6.92 Å². The number of aromatic nitrogens is 2. The van der Waals surface area contributed by atoms with Crippen molar-refractivity contribution in [1.29, 1.82) is 0 Å². The summed E-state index contributed by atoms with van der Waals surface area (Å²) < 4.78 is 5.78. The van der Waals surface area contributed by atoms with Crippen molar-refractivity contribution in [2.75, 3.05) is 24.5 Å². The fourth-order valence-electron chi connectivity index (χ4n) is 3.53. The Balaban J connectivity index is 0.00000256. The van der Waals surface area contributed by atoms with Gasteiger partial charge in [-0.05, 0) is 24.5 Å². The lowest BCUT2D eigenvalue weighted by atomic mass is 10.1. The molecule has 0 saturated carbocycles. The number of anilines is 1. The maximum absolute atomic E-state index is 12.6. The number of carbonyl (C=O) groups excluding carboxylic acids is 1. The fourth-order valence-corrected chi connectivity index (χ4v) is 3.53. The molecule has 0 unspecified atom stereocenters. The van der Waals surface area contributed by atoms with E-state index in [0.29, 0.717) is 38.0 Å². The summed E-state index contributed by atoms with van der Waals surface area (Å²) in [6.07, 6.45) is 0.617. The van der Waals surface area contributed by atoms with Crippen LogP contribution in [0.5, 0.6) is 0 Å². The molecule has 2 aromatic carbocycles. The summed E-state index contributed by atoms with van der Waals surface area (Å²) in [5, 5.41) is 8.22. The summed E-state index contributed by atoms with van der Waals surface area (Å²) in [5.41, 5.74) is 9.67. The number of benzene rings is 2. The number of aryl methyl sites for hydroxylation is 1. The first-order valence-corrected chi connectivity index (χ1v) is 9.79. The lowest BCUT2D eigenvalue weighted by molar-refractivity contribution is -0.131. The molecule has 1 aromatic heterocycles. The van der Waals surface area contributed by atoms with E-state index in [1.807, 2.05) is 52.3 Å². The number of rotatable bonds is 6. The van der Waals surface area contributed by atoms with Crippen LogP contribution in [0.15, 0.2) is 59.0 Å². The molecule has 1 amide bonds. The van der Waals surface area contributed by atoms with E-state index in [-0.39, 0.29) is 30.9 Å². The molecule has 3 aromatic rings. The Kier molecular flexibility index (Phi) is 7.07. The molecule has 158 valence electrons. The molecular formula is C22H26ClN5O2. The highest BCUT2D eigenvalue weighted by Crippen LogP contribution is 2.21. The first kappa shape index (κ1) is 21.8. The molecule has 1 saturated heterocycles. The van der Waals surface area contributed by atoms with E-state index in [1.165, 1.54) is 5.56 Å². The van der Waals surface area contributed by atoms with Crippen LogP contribution in [0.4, 0.5) is 6.01 Å². The topological polar surface area (TPSA) is 88.5 Å². The predicted octanol–water partition coefficient (Wildman–Crippen LogP) is 2.89. The van der Waals surface area contributed by atoms with Gasteiger partial charge in [-0.2, -0.15) is 0 Å². The highest BCUT2D eigenvalue weighted by Gasteiger charge is 2.28. The van der Waals surface area contributed by atoms with Gasteiger partial charge < -0.3 is 20.0 Å². The minimum Gasteiger partial charge on any atom is -0.406 e. The van der Waals surface area contributed by atoms with Crippen LogP contribution in [0.1, 0.15) is 28.6 Å². The molecule has 2 heterocycles. The van der Waals surface area contributed by atoms with Crippen LogP contribution in [0.3, 0.4) is 0 Å². The van der Waals surface area contributed by atoms with Gasteiger partial charge in [0.25, 0.3) is 0 Å². The zero-order chi connectivity index (χ0) is 20.2. The quantitative estimate of drug-likeness (QED) is 0.650. The largest absolute Gasteiger partial charge is 0.406 e. The maximum atomic E-state index is 12.6. The molecule has 0 spiro atoms. The van der Waals surface area contributed by atoms with Gasteiger partial charge in [0, 0.05) is 19.6 Å². The average molecular weight is 428 g/mol. The number of amides is 1. The second-order valence-corrected chi connectivity index (χ2v) is 7.44. The zero-order valence-corrected chi connectivity index (χ0v) is 17.7. The van der Waals surface area contributed by atoms with E-state index in [2.05, 4.69) is 29.3 Å².